The lowest BCUT2D eigenvalue weighted by Gasteiger charge is -2.05. The summed E-state index contributed by atoms with van der Waals surface area (Å²) in [5.74, 6) is 0. The highest BCUT2D eigenvalue weighted by Gasteiger charge is 2.05. The second-order valence-corrected chi connectivity index (χ2v) is 4.42. The van der Waals surface area contributed by atoms with Crippen LogP contribution in [0, 0.1) is 0 Å². The predicted octanol–water partition coefficient (Wildman–Crippen LogP) is 1.38. The zero-order valence-electron chi connectivity index (χ0n) is 11.5. The molecule has 0 bridgehead atoms. The van der Waals surface area contributed by atoms with Gasteiger partial charge in [-0.2, -0.15) is 0 Å². The number of carbonyl (C=O) groups excluding carboxylic acids is 1. The Morgan fingerprint density at radius 3 is 2.68 bits per heavy atom. The summed E-state index contributed by atoms with van der Waals surface area (Å²) in [6.07, 6.45) is 8.31. The molecule has 3 rings (SSSR count). The number of hydrogen-bond acceptors (Lipinski definition) is 5. The van der Waals surface area contributed by atoms with E-state index in [2.05, 4.69) is 30.9 Å². The van der Waals surface area contributed by atoms with E-state index >= 15 is 0 Å². The maximum absolute atomic E-state index is 11.7. The molecule has 0 aliphatic heterocycles. The van der Waals surface area contributed by atoms with Crippen molar-refractivity contribution in [2.45, 2.75) is 6.54 Å². The van der Waals surface area contributed by atoms with E-state index < -0.39 is 0 Å². The molecular formula is C14H13N7O. The Balaban J connectivity index is 1.56. The number of rotatable bonds is 4. The van der Waals surface area contributed by atoms with E-state index in [1.165, 1.54) is 0 Å². The molecular weight excluding hydrogens is 282 g/mol. The summed E-state index contributed by atoms with van der Waals surface area (Å²) in [7, 11) is 0. The van der Waals surface area contributed by atoms with Crippen molar-refractivity contribution in [3.8, 4) is 5.69 Å². The monoisotopic (exact) mass is 295 g/mol. The van der Waals surface area contributed by atoms with Gasteiger partial charge in [-0.3, -0.25) is 9.97 Å². The van der Waals surface area contributed by atoms with Gasteiger partial charge in [0.2, 0.25) is 0 Å². The van der Waals surface area contributed by atoms with E-state index in [4.69, 9.17) is 0 Å². The number of carbonyl (C=O) groups is 1. The first-order chi connectivity index (χ1) is 10.8. The first-order valence-electron chi connectivity index (χ1n) is 6.58. The fourth-order valence-corrected chi connectivity index (χ4v) is 1.78. The predicted molar refractivity (Wildman–Crippen MR) is 79.2 cm³/mol. The molecule has 3 aromatic rings. The fourth-order valence-electron chi connectivity index (χ4n) is 1.78. The van der Waals surface area contributed by atoms with Crippen LogP contribution in [-0.4, -0.2) is 31.0 Å². The van der Waals surface area contributed by atoms with E-state index in [0.29, 0.717) is 11.4 Å². The Bertz CT molecular complexity index is 742. The first-order valence-corrected chi connectivity index (χ1v) is 6.58. The first kappa shape index (κ1) is 13.7. The number of nitrogens with one attached hydrogen (secondary N) is 2. The van der Waals surface area contributed by atoms with Crippen LogP contribution >= 0.6 is 0 Å². The summed E-state index contributed by atoms with van der Waals surface area (Å²) >= 11 is 0. The van der Waals surface area contributed by atoms with Gasteiger partial charge < -0.3 is 10.6 Å². The van der Waals surface area contributed by atoms with Crippen LogP contribution in [-0.2, 0) is 6.54 Å². The van der Waals surface area contributed by atoms with Crippen LogP contribution in [0.1, 0.15) is 5.69 Å². The number of hydrogen-bond donors (Lipinski definition) is 2. The topological polar surface area (TPSA) is 97.6 Å². The molecule has 0 atom stereocenters. The normalized spacial score (nSPS) is 10.2. The number of pyridine rings is 2. The van der Waals surface area contributed by atoms with Crippen molar-refractivity contribution in [1.82, 2.24) is 30.3 Å². The molecule has 0 spiro atoms. The zero-order chi connectivity index (χ0) is 15.2. The molecule has 8 nitrogen and oxygen atoms in total. The van der Waals surface area contributed by atoms with Crippen LogP contribution in [0.5, 0.6) is 0 Å². The molecule has 0 saturated carbocycles. The molecule has 0 radical (unpaired) electrons. The average molecular weight is 295 g/mol. The summed E-state index contributed by atoms with van der Waals surface area (Å²) in [5.41, 5.74) is 2.07. The lowest BCUT2D eigenvalue weighted by atomic mass is 10.4. The number of nitrogens with zero attached hydrogens (tertiary/aromatic N) is 5. The Morgan fingerprint density at radius 1 is 1.14 bits per heavy atom. The van der Waals surface area contributed by atoms with Crippen LogP contribution in [0.15, 0.2) is 55.2 Å². The highest BCUT2D eigenvalue weighted by atomic mass is 16.2. The van der Waals surface area contributed by atoms with Crippen molar-refractivity contribution < 1.29 is 4.79 Å². The van der Waals surface area contributed by atoms with Crippen molar-refractivity contribution in [3.05, 3.63) is 60.9 Å². The standard InChI is InChI=1S/C14H13N7O/c22-14(18-11-3-1-5-15-7-11)17-8-12-10-21(20-19-12)13-4-2-6-16-9-13/h1-7,9-10H,8H2,(H2,17,18,22). The third-order valence-electron chi connectivity index (χ3n) is 2.80. The van der Waals surface area contributed by atoms with Gasteiger partial charge in [-0.05, 0) is 24.3 Å². The lowest BCUT2D eigenvalue weighted by molar-refractivity contribution is 0.251. The third kappa shape index (κ3) is 3.42. The second kappa shape index (κ2) is 6.44. The maximum atomic E-state index is 11.7. The molecule has 3 aromatic heterocycles. The van der Waals surface area contributed by atoms with Gasteiger partial charge in [0.25, 0.3) is 0 Å². The lowest BCUT2D eigenvalue weighted by Crippen LogP contribution is -2.28. The molecule has 8 heteroatoms. The minimum absolute atomic E-state index is 0.270. The summed E-state index contributed by atoms with van der Waals surface area (Å²) in [4.78, 5) is 19.7. The van der Waals surface area contributed by atoms with Gasteiger partial charge in [0.05, 0.1) is 36.5 Å². The summed E-state index contributed by atoms with van der Waals surface area (Å²) in [6, 6.07) is 6.86. The Hall–Kier alpha value is -3.29. The highest BCUT2D eigenvalue weighted by molar-refractivity contribution is 5.88. The molecule has 0 aromatic carbocycles. The van der Waals surface area contributed by atoms with Gasteiger partial charge in [0.15, 0.2) is 0 Å². The fraction of sp³-hybridized carbons (Fsp3) is 0.0714. The van der Waals surface area contributed by atoms with Gasteiger partial charge in [0.1, 0.15) is 5.69 Å². The van der Waals surface area contributed by atoms with Crippen LogP contribution in [0.2, 0.25) is 0 Å². The smallest absolute Gasteiger partial charge is 0.319 e. The minimum Gasteiger partial charge on any atom is -0.332 e. The number of amides is 2. The van der Waals surface area contributed by atoms with Gasteiger partial charge in [0, 0.05) is 12.4 Å². The number of urea groups is 1. The molecule has 0 saturated heterocycles. The molecule has 2 amide bonds. The van der Waals surface area contributed by atoms with Gasteiger partial charge in [-0.1, -0.05) is 5.21 Å². The molecule has 0 aliphatic carbocycles. The maximum Gasteiger partial charge on any atom is 0.319 e. The van der Waals surface area contributed by atoms with Crippen molar-refractivity contribution in [3.63, 3.8) is 0 Å². The second-order valence-electron chi connectivity index (χ2n) is 4.42. The third-order valence-corrected chi connectivity index (χ3v) is 2.80. The molecule has 0 unspecified atom stereocenters. The van der Waals surface area contributed by atoms with Crippen molar-refractivity contribution in [2.75, 3.05) is 5.32 Å². The van der Waals surface area contributed by atoms with Crippen molar-refractivity contribution in [1.29, 1.82) is 0 Å². The van der Waals surface area contributed by atoms with Crippen molar-refractivity contribution >= 4 is 11.7 Å². The van der Waals surface area contributed by atoms with Gasteiger partial charge in [-0.25, -0.2) is 9.48 Å². The minimum atomic E-state index is -0.330. The van der Waals surface area contributed by atoms with E-state index in [0.717, 1.165) is 5.69 Å². The van der Waals surface area contributed by atoms with Crippen LogP contribution in [0.3, 0.4) is 0 Å². The van der Waals surface area contributed by atoms with E-state index in [9.17, 15) is 4.79 Å². The molecule has 2 N–H and O–H groups in total. The number of aromatic nitrogens is 5. The van der Waals surface area contributed by atoms with Gasteiger partial charge in [-0.15, -0.1) is 5.10 Å². The van der Waals surface area contributed by atoms with Gasteiger partial charge >= 0.3 is 6.03 Å². The van der Waals surface area contributed by atoms with Crippen molar-refractivity contribution in [2.24, 2.45) is 0 Å². The Kier molecular flexibility index (Phi) is 4.01. The SMILES string of the molecule is O=C(NCc1cn(-c2cccnc2)nn1)Nc1cccnc1. The quantitative estimate of drug-likeness (QED) is 0.757. The average Bonchev–Trinajstić information content (AvgIpc) is 3.04. The molecule has 0 aliphatic rings. The van der Waals surface area contributed by atoms with E-state index in [1.807, 2.05) is 12.1 Å². The summed E-state index contributed by atoms with van der Waals surface area (Å²) in [6.45, 7) is 0.270. The van der Waals surface area contributed by atoms with Crippen LogP contribution < -0.4 is 10.6 Å². The summed E-state index contributed by atoms with van der Waals surface area (Å²) < 4.78 is 1.60. The largest absolute Gasteiger partial charge is 0.332 e. The molecule has 3 heterocycles. The summed E-state index contributed by atoms with van der Waals surface area (Å²) in [5, 5.41) is 13.4. The molecule has 22 heavy (non-hydrogen) atoms. The number of anilines is 1. The Morgan fingerprint density at radius 2 is 1.95 bits per heavy atom. The van der Waals surface area contributed by atoms with Crippen LogP contribution in [0.25, 0.3) is 5.69 Å². The molecule has 110 valence electrons. The highest BCUT2D eigenvalue weighted by Crippen LogP contribution is 2.04. The zero-order valence-corrected chi connectivity index (χ0v) is 11.5. The molecule has 0 fully saturated rings. The van der Waals surface area contributed by atoms with E-state index in [1.54, 1.807) is 47.8 Å². The Labute approximate surface area is 126 Å². The van der Waals surface area contributed by atoms with Crippen LogP contribution in [0.4, 0.5) is 10.5 Å². The van der Waals surface area contributed by atoms with E-state index in [-0.39, 0.29) is 12.6 Å².